The van der Waals surface area contributed by atoms with Gasteiger partial charge < -0.3 is 5.32 Å². The van der Waals surface area contributed by atoms with Crippen molar-refractivity contribution >= 4 is 0 Å². The molecular formula is C18H26N2. The zero-order valence-corrected chi connectivity index (χ0v) is 12.6. The molecule has 0 radical (unpaired) electrons. The summed E-state index contributed by atoms with van der Waals surface area (Å²) in [4.78, 5) is 0. The molecular weight excluding hydrogens is 244 g/mol. The molecule has 20 heavy (non-hydrogen) atoms. The molecule has 1 fully saturated rings. The highest BCUT2D eigenvalue weighted by Gasteiger charge is 2.17. The molecule has 1 aliphatic carbocycles. The van der Waals surface area contributed by atoms with Crippen LogP contribution in [0.2, 0.25) is 0 Å². The molecule has 108 valence electrons. The second-order valence-electron chi connectivity index (χ2n) is 6.05. The average molecular weight is 270 g/mol. The van der Waals surface area contributed by atoms with Crippen LogP contribution in [0.3, 0.4) is 0 Å². The van der Waals surface area contributed by atoms with Gasteiger partial charge in [0.2, 0.25) is 0 Å². The van der Waals surface area contributed by atoms with E-state index in [1.54, 1.807) is 0 Å². The Bertz CT molecular complexity index is 430. The van der Waals surface area contributed by atoms with Crippen LogP contribution in [0.25, 0.3) is 0 Å². The fourth-order valence-corrected chi connectivity index (χ4v) is 3.24. The lowest BCUT2D eigenvalue weighted by atomic mass is 9.95. The number of benzene rings is 1. The van der Waals surface area contributed by atoms with Crippen LogP contribution in [0.4, 0.5) is 0 Å². The highest BCUT2D eigenvalue weighted by Crippen LogP contribution is 2.26. The zero-order chi connectivity index (χ0) is 14.2. The molecule has 0 amide bonds. The van der Waals surface area contributed by atoms with Crippen molar-refractivity contribution in [2.45, 2.75) is 64.5 Å². The summed E-state index contributed by atoms with van der Waals surface area (Å²) in [5.74, 6) is 0.960. The SMILES string of the molecule is CCCC1CCCC(NCc2ccc(C#N)cc2)CC1. The lowest BCUT2D eigenvalue weighted by Crippen LogP contribution is -2.27. The van der Waals surface area contributed by atoms with E-state index >= 15 is 0 Å². The Morgan fingerprint density at radius 1 is 1.15 bits per heavy atom. The highest BCUT2D eigenvalue weighted by molar-refractivity contribution is 5.31. The van der Waals surface area contributed by atoms with Crippen molar-refractivity contribution in [2.75, 3.05) is 0 Å². The van der Waals surface area contributed by atoms with Gasteiger partial charge in [-0.1, -0.05) is 44.7 Å². The Balaban J connectivity index is 1.77. The first-order chi connectivity index (χ1) is 9.81. The van der Waals surface area contributed by atoms with E-state index in [2.05, 4.69) is 30.4 Å². The monoisotopic (exact) mass is 270 g/mol. The third-order valence-electron chi connectivity index (χ3n) is 4.46. The lowest BCUT2D eigenvalue weighted by Gasteiger charge is -2.17. The maximum Gasteiger partial charge on any atom is 0.0991 e. The lowest BCUT2D eigenvalue weighted by molar-refractivity contribution is 0.409. The van der Waals surface area contributed by atoms with E-state index in [0.29, 0.717) is 6.04 Å². The maximum atomic E-state index is 8.80. The third kappa shape index (κ3) is 4.65. The summed E-state index contributed by atoms with van der Waals surface area (Å²) in [6.07, 6.45) is 9.55. The Morgan fingerprint density at radius 3 is 2.65 bits per heavy atom. The van der Waals surface area contributed by atoms with Gasteiger partial charge in [-0.2, -0.15) is 5.26 Å². The molecule has 2 heteroatoms. The minimum Gasteiger partial charge on any atom is -0.310 e. The summed E-state index contributed by atoms with van der Waals surface area (Å²) in [5, 5.41) is 12.5. The average Bonchev–Trinajstić information content (AvgIpc) is 2.71. The van der Waals surface area contributed by atoms with Crippen LogP contribution >= 0.6 is 0 Å². The van der Waals surface area contributed by atoms with Gasteiger partial charge in [0.25, 0.3) is 0 Å². The Kier molecular flexibility index (Phi) is 6.08. The van der Waals surface area contributed by atoms with Crippen LogP contribution in [0.1, 0.15) is 63.0 Å². The first-order valence-corrected chi connectivity index (χ1v) is 8.04. The number of rotatable bonds is 5. The molecule has 0 aliphatic heterocycles. The molecule has 1 saturated carbocycles. The maximum absolute atomic E-state index is 8.80. The second-order valence-corrected chi connectivity index (χ2v) is 6.05. The summed E-state index contributed by atoms with van der Waals surface area (Å²) in [7, 11) is 0. The molecule has 2 atom stereocenters. The van der Waals surface area contributed by atoms with E-state index in [1.165, 1.54) is 50.5 Å². The quantitative estimate of drug-likeness (QED) is 0.805. The number of nitriles is 1. The molecule has 1 aromatic rings. The van der Waals surface area contributed by atoms with Crippen LogP contribution < -0.4 is 5.32 Å². The minimum atomic E-state index is 0.674. The van der Waals surface area contributed by atoms with Crippen molar-refractivity contribution in [3.63, 3.8) is 0 Å². The largest absolute Gasteiger partial charge is 0.310 e. The number of hydrogen-bond donors (Lipinski definition) is 1. The normalized spacial score (nSPS) is 23.0. The molecule has 0 heterocycles. The molecule has 0 spiro atoms. The van der Waals surface area contributed by atoms with Crippen LogP contribution in [0.15, 0.2) is 24.3 Å². The fourth-order valence-electron chi connectivity index (χ4n) is 3.24. The standard InChI is InChI=1S/C18H26N2/c1-2-4-15-5-3-6-18(12-11-15)20-14-17-9-7-16(13-19)8-10-17/h7-10,15,18,20H,2-6,11-12,14H2,1H3. The molecule has 0 bridgehead atoms. The highest BCUT2D eigenvalue weighted by atomic mass is 14.9. The summed E-state index contributed by atoms with van der Waals surface area (Å²) in [6.45, 7) is 3.22. The molecule has 1 N–H and O–H groups in total. The molecule has 0 saturated heterocycles. The molecule has 1 aliphatic rings. The van der Waals surface area contributed by atoms with E-state index in [-0.39, 0.29) is 0 Å². The fraction of sp³-hybridized carbons (Fsp3) is 0.611. The Morgan fingerprint density at radius 2 is 1.95 bits per heavy atom. The molecule has 0 aromatic heterocycles. The summed E-state index contributed by atoms with van der Waals surface area (Å²) >= 11 is 0. The van der Waals surface area contributed by atoms with Gasteiger partial charge in [-0.25, -0.2) is 0 Å². The van der Waals surface area contributed by atoms with E-state index in [4.69, 9.17) is 5.26 Å². The summed E-state index contributed by atoms with van der Waals surface area (Å²) in [6, 6.07) is 10.8. The van der Waals surface area contributed by atoms with E-state index in [9.17, 15) is 0 Å². The van der Waals surface area contributed by atoms with Gasteiger partial charge in [-0.3, -0.25) is 0 Å². The van der Waals surface area contributed by atoms with Crippen molar-refractivity contribution < 1.29 is 0 Å². The summed E-state index contributed by atoms with van der Waals surface area (Å²) in [5.41, 5.74) is 2.02. The first-order valence-electron chi connectivity index (χ1n) is 8.04. The third-order valence-corrected chi connectivity index (χ3v) is 4.46. The van der Waals surface area contributed by atoms with Gasteiger partial charge in [0.1, 0.15) is 0 Å². The number of nitrogens with one attached hydrogen (secondary N) is 1. The van der Waals surface area contributed by atoms with Gasteiger partial charge in [-0.15, -0.1) is 0 Å². The van der Waals surface area contributed by atoms with Gasteiger partial charge >= 0.3 is 0 Å². The van der Waals surface area contributed by atoms with E-state index in [0.717, 1.165) is 18.0 Å². The predicted octanol–water partition coefficient (Wildman–Crippen LogP) is 4.40. The predicted molar refractivity (Wildman–Crippen MR) is 83.3 cm³/mol. The van der Waals surface area contributed by atoms with Crippen molar-refractivity contribution in [1.82, 2.24) is 5.32 Å². The molecule has 2 unspecified atom stereocenters. The van der Waals surface area contributed by atoms with Gasteiger partial charge in [0.05, 0.1) is 11.6 Å². The van der Waals surface area contributed by atoms with E-state index in [1.807, 2.05) is 12.1 Å². The van der Waals surface area contributed by atoms with Gasteiger partial charge in [0.15, 0.2) is 0 Å². The van der Waals surface area contributed by atoms with Crippen molar-refractivity contribution in [2.24, 2.45) is 5.92 Å². The zero-order valence-electron chi connectivity index (χ0n) is 12.6. The van der Waals surface area contributed by atoms with Crippen molar-refractivity contribution in [3.05, 3.63) is 35.4 Å². The smallest absolute Gasteiger partial charge is 0.0991 e. The Labute approximate surface area is 123 Å². The number of nitrogens with zero attached hydrogens (tertiary/aromatic N) is 1. The molecule has 1 aromatic carbocycles. The van der Waals surface area contributed by atoms with E-state index < -0.39 is 0 Å². The van der Waals surface area contributed by atoms with Crippen LogP contribution in [0, 0.1) is 17.2 Å². The van der Waals surface area contributed by atoms with Gasteiger partial charge in [0, 0.05) is 12.6 Å². The number of hydrogen-bond acceptors (Lipinski definition) is 2. The van der Waals surface area contributed by atoms with Crippen molar-refractivity contribution in [3.8, 4) is 6.07 Å². The second kappa shape index (κ2) is 8.07. The Hall–Kier alpha value is -1.33. The van der Waals surface area contributed by atoms with Crippen LogP contribution in [-0.4, -0.2) is 6.04 Å². The van der Waals surface area contributed by atoms with Gasteiger partial charge in [-0.05, 0) is 42.9 Å². The van der Waals surface area contributed by atoms with Crippen molar-refractivity contribution in [1.29, 1.82) is 5.26 Å². The molecule has 2 nitrogen and oxygen atoms in total. The topological polar surface area (TPSA) is 35.8 Å². The first kappa shape index (κ1) is 15.1. The molecule has 2 rings (SSSR count). The van der Waals surface area contributed by atoms with Crippen LogP contribution in [-0.2, 0) is 6.54 Å². The summed E-state index contributed by atoms with van der Waals surface area (Å²) < 4.78 is 0. The minimum absolute atomic E-state index is 0.674. The van der Waals surface area contributed by atoms with Crippen LogP contribution in [0.5, 0.6) is 0 Å².